The molecule has 1 atom stereocenters. The molecule has 9 nitrogen and oxygen atoms in total. The number of methoxy groups -OCH3 is 1. The molecular weight excluding hydrogens is 470 g/mol. The molecule has 0 saturated heterocycles. The molecule has 0 fully saturated rings. The monoisotopic (exact) mass is 495 g/mol. The molecule has 1 aliphatic rings. The van der Waals surface area contributed by atoms with Crippen LogP contribution < -0.4 is 10.6 Å². The van der Waals surface area contributed by atoms with Crippen LogP contribution in [0.1, 0.15) is 37.4 Å². The summed E-state index contributed by atoms with van der Waals surface area (Å²) in [6, 6.07) is 15.0. The van der Waals surface area contributed by atoms with E-state index in [4.69, 9.17) is 14.6 Å². The Labute approximate surface area is 206 Å². The third-order valence-electron chi connectivity index (χ3n) is 5.74. The summed E-state index contributed by atoms with van der Waals surface area (Å²) in [6.07, 6.45) is -0.734. The average molecular weight is 496 g/mol. The maximum Gasteiger partial charge on any atom is 0.407 e. The Bertz CT molecular complexity index is 1210. The van der Waals surface area contributed by atoms with Crippen molar-refractivity contribution >= 4 is 29.3 Å². The van der Waals surface area contributed by atoms with Gasteiger partial charge >= 0.3 is 12.1 Å². The fraction of sp³-hybridized carbons (Fsp3) is 0.280. The molecule has 1 heterocycles. The van der Waals surface area contributed by atoms with Gasteiger partial charge in [-0.2, -0.15) is 0 Å². The number of carboxylic acid groups (broad SMARTS) is 1. The number of carbonyl (C=O) groups excluding carboxylic acids is 2. The van der Waals surface area contributed by atoms with Crippen molar-refractivity contribution in [3.63, 3.8) is 0 Å². The van der Waals surface area contributed by atoms with Crippen molar-refractivity contribution in [1.29, 1.82) is 0 Å². The van der Waals surface area contributed by atoms with Gasteiger partial charge < -0.3 is 25.2 Å². The van der Waals surface area contributed by atoms with Gasteiger partial charge in [-0.15, -0.1) is 11.3 Å². The number of fused-ring (bicyclic) bond motifs is 3. The van der Waals surface area contributed by atoms with Crippen molar-refractivity contribution in [1.82, 2.24) is 15.6 Å². The normalized spacial score (nSPS) is 13.0. The predicted octanol–water partition coefficient (Wildman–Crippen LogP) is 3.32. The molecule has 2 aromatic carbocycles. The minimum Gasteiger partial charge on any atom is -0.476 e. The van der Waals surface area contributed by atoms with E-state index in [2.05, 4.69) is 27.8 Å². The maximum absolute atomic E-state index is 12.7. The van der Waals surface area contributed by atoms with Crippen LogP contribution in [-0.2, 0) is 20.8 Å². The highest BCUT2D eigenvalue weighted by molar-refractivity contribution is 7.11. The summed E-state index contributed by atoms with van der Waals surface area (Å²) in [7, 11) is 1.42. The summed E-state index contributed by atoms with van der Waals surface area (Å²) in [4.78, 5) is 40.9. The molecule has 1 aliphatic carbocycles. The summed E-state index contributed by atoms with van der Waals surface area (Å²) in [5.41, 5.74) is 4.39. The van der Waals surface area contributed by atoms with Gasteiger partial charge in [0.15, 0.2) is 5.69 Å². The van der Waals surface area contributed by atoms with Crippen LogP contribution in [0.3, 0.4) is 0 Å². The van der Waals surface area contributed by atoms with Crippen LogP contribution in [0, 0.1) is 6.92 Å². The van der Waals surface area contributed by atoms with Crippen molar-refractivity contribution in [2.75, 3.05) is 20.3 Å². The topological polar surface area (TPSA) is 127 Å². The highest BCUT2D eigenvalue weighted by Gasteiger charge is 2.30. The minimum atomic E-state index is -1.12. The van der Waals surface area contributed by atoms with Gasteiger partial charge in [0.05, 0.1) is 13.2 Å². The number of rotatable bonds is 9. The second kappa shape index (κ2) is 10.7. The number of benzene rings is 2. The number of ether oxygens (including phenoxy) is 2. The van der Waals surface area contributed by atoms with Crippen LogP contribution in [0.4, 0.5) is 4.79 Å². The summed E-state index contributed by atoms with van der Waals surface area (Å²) in [5.74, 6) is -1.71. The molecular formula is C25H25N3O6S. The van der Waals surface area contributed by atoms with Gasteiger partial charge in [-0.3, -0.25) is 4.79 Å². The highest BCUT2D eigenvalue weighted by atomic mass is 32.1. The lowest BCUT2D eigenvalue weighted by Crippen LogP contribution is -2.49. The van der Waals surface area contributed by atoms with E-state index in [1.807, 2.05) is 36.4 Å². The highest BCUT2D eigenvalue weighted by Crippen LogP contribution is 2.44. The standard InChI is InChI=1S/C25H25N3O6S/c1-14-22(24(30)31)28-21(35-14)11-26-23(29)20(13-33-2)27-25(32)34-12-19-17-9-5-3-7-15(17)16-8-4-6-10-18(16)19/h3-10,19-20H,11-13H2,1-2H3,(H,26,29)(H,27,32)(H,30,31)/t20-/m0/s1. The summed E-state index contributed by atoms with van der Waals surface area (Å²) in [5, 5.41) is 14.8. The molecule has 0 unspecified atom stereocenters. The molecule has 35 heavy (non-hydrogen) atoms. The molecule has 0 bridgehead atoms. The Morgan fingerprint density at radius 3 is 2.29 bits per heavy atom. The number of aromatic nitrogens is 1. The molecule has 182 valence electrons. The largest absolute Gasteiger partial charge is 0.476 e. The number of carboxylic acids is 1. The molecule has 0 spiro atoms. The Morgan fingerprint density at radius 1 is 1.09 bits per heavy atom. The second-order valence-corrected chi connectivity index (χ2v) is 9.30. The first-order chi connectivity index (χ1) is 16.9. The first kappa shape index (κ1) is 24.4. The Kier molecular flexibility index (Phi) is 7.42. The number of nitrogens with one attached hydrogen (secondary N) is 2. The number of carbonyl (C=O) groups is 3. The lowest BCUT2D eigenvalue weighted by molar-refractivity contribution is -0.124. The predicted molar refractivity (Wildman–Crippen MR) is 130 cm³/mol. The van der Waals surface area contributed by atoms with E-state index >= 15 is 0 Å². The van der Waals surface area contributed by atoms with Gasteiger partial charge in [-0.05, 0) is 29.2 Å². The van der Waals surface area contributed by atoms with Crippen LogP contribution >= 0.6 is 11.3 Å². The first-order valence-electron chi connectivity index (χ1n) is 11.0. The van der Waals surface area contributed by atoms with E-state index in [1.54, 1.807) is 6.92 Å². The zero-order chi connectivity index (χ0) is 24.9. The third-order valence-corrected chi connectivity index (χ3v) is 6.71. The minimum absolute atomic E-state index is 0.0319. The number of amides is 2. The van der Waals surface area contributed by atoms with Crippen LogP contribution in [0.25, 0.3) is 11.1 Å². The number of aromatic carboxylic acids is 1. The Balaban J connectivity index is 1.35. The van der Waals surface area contributed by atoms with Crippen molar-refractivity contribution in [2.24, 2.45) is 0 Å². The lowest BCUT2D eigenvalue weighted by atomic mass is 9.98. The molecule has 0 aliphatic heterocycles. The van der Waals surface area contributed by atoms with E-state index < -0.39 is 24.0 Å². The summed E-state index contributed by atoms with van der Waals surface area (Å²) >= 11 is 1.18. The van der Waals surface area contributed by atoms with Crippen molar-refractivity contribution < 1.29 is 29.0 Å². The number of aryl methyl sites for hydroxylation is 1. The van der Waals surface area contributed by atoms with E-state index in [9.17, 15) is 14.4 Å². The Morgan fingerprint density at radius 2 is 1.71 bits per heavy atom. The molecule has 2 amide bonds. The van der Waals surface area contributed by atoms with Crippen molar-refractivity contribution in [2.45, 2.75) is 25.4 Å². The SMILES string of the molecule is COC[C@H](NC(=O)OCC1c2ccccc2-c2ccccc21)C(=O)NCc1nc(C(=O)O)c(C)s1. The van der Waals surface area contributed by atoms with E-state index in [1.165, 1.54) is 18.4 Å². The van der Waals surface area contributed by atoms with Gasteiger partial charge in [0.2, 0.25) is 5.91 Å². The van der Waals surface area contributed by atoms with Gasteiger partial charge in [-0.25, -0.2) is 14.6 Å². The zero-order valence-corrected chi connectivity index (χ0v) is 20.1. The van der Waals surface area contributed by atoms with Gasteiger partial charge in [-0.1, -0.05) is 48.5 Å². The smallest absolute Gasteiger partial charge is 0.407 e. The number of hydrogen-bond acceptors (Lipinski definition) is 7. The van der Waals surface area contributed by atoms with Crippen molar-refractivity contribution in [3.8, 4) is 11.1 Å². The van der Waals surface area contributed by atoms with Gasteiger partial charge in [0.1, 0.15) is 17.7 Å². The number of hydrogen-bond donors (Lipinski definition) is 3. The summed E-state index contributed by atoms with van der Waals surface area (Å²) in [6.45, 7) is 1.74. The number of thiazole rings is 1. The first-order valence-corrected chi connectivity index (χ1v) is 11.8. The fourth-order valence-corrected chi connectivity index (χ4v) is 5.01. The van der Waals surface area contributed by atoms with Crippen LogP contribution in [0.15, 0.2) is 48.5 Å². The summed E-state index contributed by atoms with van der Waals surface area (Å²) < 4.78 is 10.6. The van der Waals surface area contributed by atoms with Crippen LogP contribution in [0.5, 0.6) is 0 Å². The molecule has 0 saturated carbocycles. The van der Waals surface area contributed by atoms with Crippen LogP contribution in [-0.4, -0.2) is 54.4 Å². The molecule has 4 rings (SSSR count). The average Bonchev–Trinajstić information content (AvgIpc) is 3.38. The number of nitrogens with zero attached hydrogens (tertiary/aromatic N) is 1. The lowest BCUT2D eigenvalue weighted by Gasteiger charge is -2.19. The molecule has 3 N–H and O–H groups in total. The van der Waals surface area contributed by atoms with E-state index in [-0.39, 0.29) is 31.4 Å². The van der Waals surface area contributed by atoms with Crippen LogP contribution in [0.2, 0.25) is 0 Å². The Hall–Kier alpha value is -3.76. The molecule has 1 aromatic heterocycles. The van der Waals surface area contributed by atoms with E-state index in [0.717, 1.165) is 22.3 Å². The third kappa shape index (κ3) is 5.33. The molecule has 3 aromatic rings. The zero-order valence-electron chi connectivity index (χ0n) is 19.2. The fourth-order valence-electron chi connectivity index (χ4n) is 4.14. The second-order valence-electron chi connectivity index (χ2n) is 8.01. The van der Waals surface area contributed by atoms with E-state index in [0.29, 0.717) is 9.88 Å². The molecule has 0 radical (unpaired) electrons. The maximum atomic E-state index is 12.7. The van der Waals surface area contributed by atoms with Gasteiger partial charge in [0, 0.05) is 17.9 Å². The molecule has 10 heteroatoms. The number of alkyl carbamates (subject to hydrolysis) is 1. The van der Waals surface area contributed by atoms with Gasteiger partial charge in [0.25, 0.3) is 0 Å². The van der Waals surface area contributed by atoms with Crippen molar-refractivity contribution in [3.05, 3.63) is 75.2 Å². The quantitative estimate of drug-likeness (QED) is 0.416.